The monoisotopic (exact) mass is 579 g/mol. The Morgan fingerprint density at radius 2 is 2.00 bits per heavy atom. The van der Waals surface area contributed by atoms with Gasteiger partial charge in [-0.2, -0.15) is 0 Å². The summed E-state index contributed by atoms with van der Waals surface area (Å²) in [6.45, 7) is 9.73. The molecule has 0 saturated heterocycles. The van der Waals surface area contributed by atoms with E-state index in [-0.39, 0.29) is 18.1 Å². The first-order valence-electron chi connectivity index (χ1n) is 13.6. The van der Waals surface area contributed by atoms with Crippen LogP contribution in [0.2, 0.25) is 5.02 Å². The van der Waals surface area contributed by atoms with Crippen LogP contribution in [0.1, 0.15) is 43.2 Å². The van der Waals surface area contributed by atoms with Gasteiger partial charge in [0.2, 0.25) is 0 Å². The van der Waals surface area contributed by atoms with E-state index in [1.165, 1.54) is 5.56 Å². The molecule has 4 rings (SSSR count). The zero-order chi connectivity index (χ0) is 29.8. The number of ether oxygens (including phenoxy) is 1. The Morgan fingerprint density at radius 1 is 1.24 bits per heavy atom. The Kier molecular flexibility index (Phi) is 9.47. The molecule has 0 spiro atoms. The molecule has 0 bridgehead atoms. The van der Waals surface area contributed by atoms with Gasteiger partial charge < -0.3 is 35.5 Å². The maximum absolute atomic E-state index is 10.6. The van der Waals surface area contributed by atoms with Crippen LogP contribution in [0.4, 0.5) is 11.6 Å². The van der Waals surface area contributed by atoms with Gasteiger partial charge >= 0.3 is 0 Å². The number of benzene rings is 1. The lowest BCUT2D eigenvalue weighted by Crippen LogP contribution is -2.29. The van der Waals surface area contributed by atoms with Gasteiger partial charge in [0.25, 0.3) is 0 Å². The number of hydrogen-bond donors (Lipinski definition) is 4. The molecule has 0 fully saturated rings. The average Bonchev–Trinajstić information content (AvgIpc) is 3.37. The lowest BCUT2D eigenvalue weighted by atomic mass is 10.0. The molecule has 0 amide bonds. The number of aliphatic hydroxyl groups excluding tert-OH is 2. The molecule has 4 N–H and O–H groups in total. The van der Waals surface area contributed by atoms with Gasteiger partial charge in [-0.3, -0.25) is 0 Å². The highest BCUT2D eigenvalue weighted by Gasteiger charge is 2.29. The Balaban J connectivity index is 1.84. The third kappa shape index (κ3) is 6.45. The quantitative estimate of drug-likeness (QED) is 0.187. The predicted octanol–water partition coefficient (Wildman–Crippen LogP) is 4.76. The molecule has 3 heterocycles. The summed E-state index contributed by atoms with van der Waals surface area (Å²) < 4.78 is 5.82. The summed E-state index contributed by atoms with van der Waals surface area (Å²) in [6.07, 6.45) is 1.16. The molecule has 1 aliphatic heterocycles. The van der Waals surface area contributed by atoms with Crippen molar-refractivity contribution >= 4 is 34.5 Å². The number of hydrogen-bond acceptors (Lipinski definition) is 10. The van der Waals surface area contributed by atoms with Gasteiger partial charge in [-0.15, -0.1) is 0 Å². The van der Waals surface area contributed by atoms with E-state index in [0.29, 0.717) is 58.9 Å². The Hall–Kier alpha value is -3.73. The van der Waals surface area contributed by atoms with Gasteiger partial charge in [-0.25, -0.2) is 15.0 Å². The van der Waals surface area contributed by atoms with E-state index in [1.54, 1.807) is 39.1 Å². The highest BCUT2D eigenvalue weighted by atomic mass is 35.5. The first kappa shape index (κ1) is 30.2. The molecule has 1 atom stereocenters. The molecule has 218 valence electrons. The number of pyridine rings is 1. The van der Waals surface area contributed by atoms with E-state index in [1.807, 2.05) is 26.2 Å². The van der Waals surface area contributed by atoms with Gasteiger partial charge in [0.15, 0.2) is 5.82 Å². The molecule has 0 unspecified atom stereocenters. The van der Waals surface area contributed by atoms with E-state index < -0.39 is 6.10 Å². The highest BCUT2D eigenvalue weighted by molar-refractivity contribution is 6.33. The summed E-state index contributed by atoms with van der Waals surface area (Å²) in [5.41, 5.74) is 4.59. The van der Waals surface area contributed by atoms with E-state index in [2.05, 4.69) is 27.0 Å². The van der Waals surface area contributed by atoms with Crippen molar-refractivity contribution in [3.05, 3.63) is 63.6 Å². The van der Waals surface area contributed by atoms with Crippen LogP contribution in [0, 0.1) is 12.3 Å². The topological polar surface area (TPSA) is 131 Å². The van der Waals surface area contributed by atoms with Crippen LogP contribution in [-0.4, -0.2) is 70.8 Å². The van der Waals surface area contributed by atoms with Crippen molar-refractivity contribution in [2.24, 2.45) is 0 Å². The van der Waals surface area contributed by atoms with Crippen LogP contribution in [0.25, 0.3) is 17.0 Å². The smallest absolute Gasteiger partial charge is 0.163 e. The Bertz CT molecular complexity index is 1470. The zero-order valence-electron chi connectivity index (χ0n) is 24.4. The summed E-state index contributed by atoms with van der Waals surface area (Å²) >= 11 is 6.67. The minimum Gasteiger partial charge on any atom is -0.512 e. The SMILES string of the molecule is CCN(C)c1nccc2c1CN(c1nc(-c3cc(OC[C@H](O)CNC)ccc3Cl)nc(/C(C(C)=N)=C(\C)O)c1C)C2. The van der Waals surface area contributed by atoms with E-state index in [0.717, 1.165) is 23.5 Å². The summed E-state index contributed by atoms with van der Waals surface area (Å²) in [5, 5.41) is 32.4. The van der Waals surface area contributed by atoms with Crippen molar-refractivity contribution in [1.29, 1.82) is 5.41 Å². The van der Waals surface area contributed by atoms with Gasteiger partial charge in [0.05, 0.1) is 16.3 Å². The third-order valence-electron chi connectivity index (χ3n) is 7.13. The van der Waals surface area contributed by atoms with Crippen LogP contribution >= 0.6 is 11.6 Å². The third-order valence-corrected chi connectivity index (χ3v) is 7.46. The molecular formula is C30H38ClN7O3. The second-order valence-corrected chi connectivity index (χ2v) is 10.6. The summed E-state index contributed by atoms with van der Waals surface area (Å²) in [5.74, 6) is 2.47. The number of allylic oxidation sites excluding steroid dienone is 2. The van der Waals surface area contributed by atoms with Gasteiger partial charge in [0.1, 0.15) is 35.9 Å². The highest BCUT2D eigenvalue weighted by Crippen LogP contribution is 2.38. The number of fused-ring (bicyclic) bond motifs is 1. The van der Waals surface area contributed by atoms with Gasteiger partial charge in [-0.05, 0) is 64.6 Å². The van der Waals surface area contributed by atoms with Crippen LogP contribution in [0.15, 0.2) is 36.2 Å². The minimum absolute atomic E-state index is 0.00123. The number of halogens is 1. The number of anilines is 2. The zero-order valence-corrected chi connectivity index (χ0v) is 25.2. The number of likely N-dealkylation sites (N-methyl/N-ethyl adjacent to an activating group) is 1. The standard InChI is InChI=1S/C30H38ClN7O3/c1-7-37(6)30-24-15-38(14-20(24)10-11-34-30)29-17(2)27(26(18(3)32)19(4)39)35-28(36-29)23-12-22(8-9-25(23)31)41-16-21(40)13-33-5/h8-12,21,32-33,39-40H,7,13-16H2,1-6H3/b26-19+,32-18?/t21-/m1/s1. The Labute approximate surface area is 246 Å². The van der Waals surface area contributed by atoms with Crippen molar-refractivity contribution in [2.45, 2.75) is 46.9 Å². The summed E-state index contributed by atoms with van der Waals surface area (Å²) in [4.78, 5) is 18.8. The van der Waals surface area contributed by atoms with Gasteiger partial charge in [-0.1, -0.05) is 11.6 Å². The van der Waals surface area contributed by atoms with Crippen molar-refractivity contribution in [1.82, 2.24) is 20.3 Å². The van der Waals surface area contributed by atoms with E-state index in [9.17, 15) is 10.2 Å². The fourth-order valence-electron chi connectivity index (χ4n) is 4.97. The van der Waals surface area contributed by atoms with Crippen LogP contribution in [0.5, 0.6) is 5.75 Å². The number of nitrogens with one attached hydrogen (secondary N) is 2. The molecular weight excluding hydrogens is 542 g/mol. The van der Waals surface area contributed by atoms with Gasteiger partial charge in [0, 0.05) is 61.8 Å². The largest absolute Gasteiger partial charge is 0.512 e. The van der Waals surface area contributed by atoms with Crippen molar-refractivity contribution in [3.8, 4) is 17.1 Å². The molecule has 1 aliphatic rings. The number of nitrogens with zero attached hydrogens (tertiary/aromatic N) is 5. The predicted molar refractivity (Wildman–Crippen MR) is 164 cm³/mol. The fraction of sp³-hybridized carbons (Fsp3) is 0.400. The molecule has 10 nitrogen and oxygen atoms in total. The Morgan fingerprint density at radius 3 is 2.66 bits per heavy atom. The molecule has 0 radical (unpaired) electrons. The lowest BCUT2D eigenvalue weighted by molar-refractivity contribution is 0.108. The molecule has 2 aromatic heterocycles. The second-order valence-electron chi connectivity index (χ2n) is 10.2. The average molecular weight is 580 g/mol. The number of aliphatic hydroxyl groups is 2. The van der Waals surface area contributed by atoms with E-state index in [4.69, 9.17) is 31.7 Å². The molecule has 0 saturated carbocycles. The van der Waals surface area contributed by atoms with Crippen molar-refractivity contribution < 1.29 is 14.9 Å². The molecule has 0 aliphatic carbocycles. The van der Waals surface area contributed by atoms with Crippen LogP contribution < -0.4 is 19.9 Å². The minimum atomic E-state index is -0.674. The van der Waals surface area contributed by atoms with Crippen molar-refractivity contribution in [2.75, 3.05) is 43.6 Å². The number of aromatic nitrogens is 3. The van der Waals surface area contributed by atoms with Crippen molar-refractivity contribution in [3.63, 3.8) is 0 Å². The molecule has 41 heavy (non-hydrogen) atoms. The van der Waals surface area contributed by atoms with E-state index >= 15 is 0 Å². The molecule has 3 aromatic rings. The van der Waals surface area contributed by atoms with Crippen LogP contribution in [-0.2, 0) is 13.1 Å². The molecule has 1 aromatic carbocycles. The fourth-order valence-corrected chi connectivity index (χ4v) is 5.17. The maximum atomic E-state index is 10.6. The molecule has 11 heteroatoms. The summed E-state index contributed by atoms with van der Waals surface area (Å²) in [7, 11) is 3.79. The first-order valence-corrected chi connectivity index (χ1v) is 14.0. The normalized spacial score (nSPS) is 14.0. The number of rotatable bonds is 11. The summed E-state index contributed by atoms with van der Waals surface area (Å²) in [6, 6.07) is 7.22. The lowest BCUT2D eigenvalue weighted by Gasteiger charge is -2.23. The second kappa shape index (κ2) is 12.8. The maximum Gasteiger partial charge on any atom is 0.163 e. The first-order chi connectivity index (χ1) is 19.5. The van der Waals surface area contributed by atoms with Crippen LogP contribution in [0.3, 0.4) is 0 Å².